The van der Waals surface area contributed by atoms with Crippen LogP contribution in [0.1, 0.15) is 41.1 Å². The van der Waals surface area contributed by atoms with Crippen molar-refractivity contribution in [3.05, 3.63) is 27.2 Å². The van der Waals surface area contributed by atoms with Gasteiger partial charge in [0.25, 0.3) is 0 Å². The maximum atomic E-state index is 11.5. The van der Waals surface area contributed by atoms with Crippen molar-refractivity contribution < 1.29 is 9.53 Å². The number of aromatic nitrogens is 2. The highest BCUT2D eigenvalue weighted by Gasteiger charge is 2.14. The molecule has 0 saturated heterocycles. The Morgan fingerprint density at radius 2 is 2.21 bits per heavy atom. The van der Waals surface area contributed by atoms with E-state index in [4.69, 9.17) is 4.74 Å². The number of hydrogen-bond acceptors (Lipinski definition) is 7. The van der Waals surface area contributed by atoms with Crippen molar-refractivity contribution in [2.75, 3.05) is 11.9 Å². The molecule has 1 atom stereocenters. The standard InChI is InChI=1S/C12H15N3O2S2/c1-4-17-11(16)9-6-19-12(15-9)14-8(3)10-13-7(2)5-18-10/h5-6,8H,4H2,1-3H3,(H,14,15). The number of aryl methyl sites for hydroxylation is 1. The van der Waals surface area contributed by atoms with E-state index >= 15 is 0 Å². The number of esters is 1. The van der Waals surface area contributed by atoms with Crippen LogP contribution in [0, 0.1) is 6.92 Å². The number of anilines is 1. The molecule has 0 saturated carbocycles. The largest absolute Gasteiger partial charge is 0.461 e. The molecular weight excluding hydrogens is 282 g/mol. The summed E-state index contributed by atoms with van der Waals surface area (Å²) in [4.78, 5) is 20.1. The Bertz CT molecular complexity index is 565. The molecule has 2 aromatic rings. The molecular formula is C12H15N3O2S2. The predicted octanol–water partition coefficient (Wildman–Crippen LogP) is 3.26. The Hall–Kier alpha value is -1.47. The van der Waals surface area contributed by atoms with Gasteiger partial charge in [-0.25, -0.2) is 14.8 Å². The van der Waals surface area contributed by atoms with Crippen LogP contribution < -0.4 is 5.32 Å². The second-order valence-corrected chi connectivity index (χ2v) is 5.70. The van der Waals surface area contributed by atoms with Crippen LogP contribution in [-0.2, 0) is 4.74 Å². The molecule has 102 valence electrons. The number of ether oxygens (including phenoxy) is 1. The SMILES string of the molecule is CCOC(=O)c1csc(NC(C)c2nc(C)cs2)n1. The summed E-state index contributed by atoms with van der Waals surface area (Å²) in [6.07, 6.45) is 0. The Balaban J connectivity index is 2.01. The van der Waals surface area contributed by atoms with Gasteiger partial charge in [0.2, 0.25) is 0 Å². The molecule has 2 rings (SSSR count). The molecule has 19 heavy (non-hydrogen) atoms. The van der Waals surface area contributed by atoms with Crippen LogP contribution in [0.4, 0.5) is 5.13 Å². The van der Waals surface area contributed by atoms with Gasteiger partial charge in [-0.1, -0.05) is 0 Å². The second kappa shape index (κ2) is 6.12. The van der Waals surface area contributed by atoms with Crippen molar-refractivity contribution in [2.45, 2.75) is 26.8 Å². The molecule has 0 aromatic carbocycles. The van der Waals surface area contributed by atoms with Gasteiger partial charge in [-0.3, -0.25) is 0 Å². The number of nitrogens with one attached hydrogen (secondary N) is 1. The fourth-order valence-electron chi connectivity index (χ4n) is 1.46. The highest BCUT2D eigenvalue weighted by atomic mass is 32.1. The smallest absolute Gasteiger partial charge is 0.357 e. The number of nitrogens with zero attached hydrogens (tertiary/aromatic N) is 2. The van der Waals surface area contributed by atoms with Crippen LogP contribution in [0.5, 0.6) is 0 Å². The Morgan fingerprint density at radius 1 is 1.42 bits per heavy atom. The first-order chi connectivity index (χ1) is 9.10. The van der Waals surface area contributed by atoms with Crippen LogP contribution in [0.15, 0.2) is 10.8 Å². The van der Waals surface area contributed by atoms with E-state index in [1.165, 1.54) is 11.3 Å². The molecule has 0 bridgehead atoms. The maximum absolute atomic E-state index is 11.5. The highest BCUT2D eigenvalue weighted by Crippen LogP contribution is 2.24. The van der Waals surface area contributed by atoms with E-state index in [1.54, 1.807) is 23.6 Å². The molecule has 0 aliphatic rings. The molecule has 0 radical (unpaired) electrons. The average Bonchev–Trinajstić information content (AvgIpc) is 2.98. The fraction of sp³-hybridized carbons (Fsp3) is 0.417. The van der Waals surface area contributed by atoms with Gasteiger partial charge in [-0.05, 0) is 20.8 Å². The van der Waals surface area contributed by atoms with Crippen molar-refractivity contribution in [1.82, 2.24) is 9.97 Å². The number of thiazole rings is 2. The second-order valence-electron chi connectivity index (χ2n) is 3.95. The molecule has 0 amide bonds. The van der Waals surface area contributed by atoms with Crippen molar-refractivity contribution in [3.63, 3.8) is 0 Å². The highest BCUT2D eigenvalue weighted by molar-refractivity contribution is 7.14. The fourth-order valence-corrected chi connectivity index (χ4v) is 3.03. The van der Waals surface area contributed by atoms with Gasteiger partial charge in [0.05, 0.1) is 12.6 Å². The molecule has 7 heteroatoms. The molecule has 2 aromatic heterocycles. The van der Waals surface area contributed by atoms with Gasteiger partial charge in [0.15, 0.2) is 10.8 Å². The Morgan fingerprint density at radius 3 is 2.84 bits per heavy atom. The van der Waals surface area contributed by atoms with E-state index in [2.05, 4.69) is 15.3 Å². The number of hydrogen-bond donors (Lipinski definition) is 1. The first-order valence-corrected chi connectivity index (χ1v) is 7.67. The molecule has 1 N–H and O–H groups in total. The van der Waals surface area contributed by atoms with Crippen LogP contribution in [0.2, 0.25) is 0 Å². The lowest BCUT2D eigenvalue weighted by molar-refractivity contribution is 0.0520. The summed E-state index contributed by atoms with van der Waals surface area (Å²) < 4.78 is 4.90. The van der Waals surface area contributed by atoms with Gasteiger partial charge in [0.1, 0.15) is 5.01 Å². The summed E-state index contributed by atoms with van der Waals surface area (Å²) in [6.45, 7) is 6.11. The monoisotopic (exact) mass is 297 g/mol. The molecule has 2 heterocycles. The minimum absolute atomic E-state index is 0.0693. The van der Waals surface area contributed by atoms with E-state index in [1.807, 2.05) is 19.2 Å². The Labute approximate surface area is 119 Å². The normalized spacial score (nSPS) is 12.2. The zero-order valence-electron chi connectivity index (χ0n) is 11.0. The minimum Gasteiger partial charge on any atom is -0.461 e. The van der Waals surface area contributed by atoms with Crippen molar-refractivity contribution in [1.29, 1.82) is 0 Å². The lowest BCUT2D eigenvalue weighted by atomic mass is 10.3. The molecule has 5 nitrogen and oxygen atoms in total. The third kappa shape index (κ3) is 3.51. The molecule has 0 aliphatic carbocycles. The van der Waals surface area contributed by atoms with Crippen LogP contribution >= 0.6 is 22.7 Å². The molecule has 0 fully saturated rings. The van der Waals surface area contributed by atoms with Crippen molar-refractivity contribution in [3.8, 4) is 0 Å². The summed E-state index contributed by atoms with van der Waals surface area (Å²) >= 11 is 3.00. The van der Waals surface area contributed by atoms with Gasteiger partial charge in [-0.15, -0.1) is 22.7 Å². The minimum atomic E-state index is -0.385. The number of carbonyl (C=O) groups is 1. The number of rotatable bonds is 5. The van der Waals surface area contributed by atoms with E-state index in [0.29, 0.717) is 17.4 Å². The van der Waals surface area contributed by atoms with Gasteiger partial charge < -0.3 is 10.1 Å². The average molecular weight is 297 g/mol. The number of carbonyl (C=O) groups excluding carboxylic acids is 1. The lowest BCUT2D eigenvalue weighted by Gasteiger charge is -2.09. The van der Waals surface area contributed by atoms with Crippen LogP contribution in [-0.4, -0.2) is 22.5 Å². The predicted molar refractivity (Wildman–Crippen MR) is 77.0 cm³/mol. The quantitative estimate of drug-likeness (QED) is 0.858. The summed E-state index contributed by atoms with van der Waals surface area (Å²) in [5, 5.41) is 8.65. The van der Waals surface area contributed by atoms with E-state index in [9.17, 15) is 4.79 Å². The van der Waals surface area contributed by atoms with Crippen LogP contribution in [0.25, 0.3) is 0 Å². The zero-order chi connectivity index (χ0) is 13.8. The van der Waals surface area contributed by atoms with Crippen molar-refractivity contribution in [2.24, 2.45) is 0 Å². The van der Waals surface area contributed by atoms with Gasteiger partial charge >= 0.3 is 5.97 Å². The first kappa shape index (κ1) is 14.0. The van der Waals surface area contributed by atoms with Gasteiger partial charge in [-0.2, -0.15) is 0 Å². The summed E-state index contributed by atoms with van der Waals surface area (Å²) in [7, 11) is 0. The lowest BCUT2D eigenvalue weighted by Crippen LogP contribution is -2.08. The summed E-state index contributed by atoms with van der Waals surface area (Å²) in [5.41, 5.74) is 1.36. The van der Waals surface area contributed by atoms with E-state index in [-0.39, 0.29) is 12.0 Å². The van der Waals surface area contributed by atoms with E-state index in [0.717, 1.165) is 10.7 Å². The van der Waals surface area contributed by atoms with Crippen molar-refractivity contribution >= 4 is 33.8 Å². The molecule has 1 unspecified atom stereocenters. The summed E-state index contributed by atoms with van der Waals surface area (Å²) in [5.74, 6) is -0.385. The summed E-state index contributed by atoms with van der Waals surface area (Å²) in [6, 6.07) is 0.0693. The van der Waals surface area contributed by atoms with Gasteiger partial charge in [0, 0.05) is 16.5 Å². The zero-order valence-corrected chi connectivity index (χ0v) is 12.6. The Kier molecular flexibility index (Phi) is 4.49. The maximum Gasteiger partial charge on any atom is 0.357 e. The topological polar surface area (TPSA) is 64.1 Å². The van der Waals surface area contributed by atoms with Crippen LogP contribution in [0.3, 0.4) is 0 Å². The van der Waals surface area contributed by atoms with E-state index < -0.39 is 0 Å². The third-order valence-corrected chi connectivity index (χ3v) is 4.25. The molecule has 0 aliphatic heterocycles. The first-order valence-electron chi connectivity index (χ1n) is 5.91. The molecule has 0 spiro atoms. The third-order valence-electron chi connectivity index (χ3n) is 2.34.